The van der Waals surface area contributed by atoms with Crippen LogP contribution in [0.1, 0.15) is 12.6 Å². The Morgan fingerprint density at radius 3 is 2.69 bits per heavy atom. The zero-order valence-corrected chi connectivity index (χ0v) is 14.7. The van der Waals surface area contributed by atoms with Gasteiger partial charge in [0.25, 0.3) is 11.8 Å². The van der Waals surface area contributed by atoms with E-state index in [-0.39, 0.29) is 5.95 Å². The summed E-state index contributed by atoms with van der Waals surface area (Å²) in [5.74, 6) is -0.349. The van der Waals surface area contributed by atoms with Gasteiger partial charge in [-0.3, -0.25) is 15.0 Å². The molecule has 1 aliphatic heterocycles. The second kappa shape index (κ2) is 6.19. The van der Waals surface area contributed by atoms with Gasteiger partial charge < -0.3 is 4.42 Å². The van der Waals surface area contributed by atoms with Crippen LogP contribution in [0.2, 0.25) is 0 Å². The van der Waals surface area contributed by atoms with Gasteiger partial charge in [0.15, 0.2) is 0 Å². The number of hydrogen-bond acceptors (Lipinski definition) is 8. The van der Waals surface area contributed by atoms with Crippen molar-refractivity contribution in [2.75, 3.05) is 5.43 Å². The van der Waals surface area contributed by atoms with E-state index in [2.05, 4.69) is 20.4 Å². The third-order valence-electron chi connectivity index (χ3n) is 3.71. The standard InChI is InChI=1S/C17H13N5O3S/c1-9-6-13(23)22(16(9)24)21-17-18-7-11(15-19-10(2)8-25-15)14(20-17)12-4-3-5-26-12/h3-8H,1-2H3,(H,18,20,21). The highest BCUT2D eigenvalue weighted by Gasteiger charge is 2.29. The van der Waals surface area contributed by atoms with Crippen LogP contribution in [-0.4, -0.2) is 31.8 Å². The maximum atomic E-state index is 12.0. The Morgan fingerprint density at radius 2 is 2.08 bits per heavy atom. The van der Waals surface area contributed by atoms with E-state index in [1.54, 1.807) is 19.4 Å². The van der Waals surface area contributed by atoms with Crippen molar-refractivity contribution in [1.82, 2.24) is 20.0 Å². The van der Waals surface area contributed by atoms with Crippen LogP contribution in [0.25, 0.3) is 22.0 Å². The van der Waals surface area contributed by atoms with Gasteiger partial charge in [0.2, 0.25) is 11.8 Å². The predicted octanol–water partition coefficient (Wildman–Crippen LogP) is 2.81. The van der Waals surface area contributed by atoms with Gasteiger partial charge in [0, 0.05) is 17.8 Å². The maximum absolute atomic E-state index is 12.0. The van der Waals surface area contributed by atoms with E-state index in [1.165, 1.54) is 17.4 Å². The van der Waals surface area contributed by atoms with E-state index in [0.29, 0.717) is 22.7 Å². The van der Waals surface area contributed by atoms with E-state index >= 15 is 0 Å². The van der Waals surface area contributed by atoms with Crippen LogP contribution < -0.4 is 5.43 Å². The Kier molecular flexibility index (Phi) is 3.85. The Labute approximate surface area is 152 Å². The molecule has 0 aliphatic carbocycles. The van der Waals surface area contributed by atoms with Crippen LogP contribution in [0.15, 0.2) is 46.0 Å². The molecule has 3 aromatic heterocycles. The highest BCUT2D eigenvalue weighted by atomic mass is 32.1. The summed E-state index contributed by atoms with van der Waals surface area (Å²) in [6.45, 7) is 3.41. The van der Waals surface area contributed by atoms with Crippen molar-refractivity contribution in [2.24, 2.45) is 0 Å². The molecule has 0 saturated carbocycles. The van der Waals surface area contributed by atoms with Crippen molar-refractivity contribution in [3.63, 3.8) is 0 Å². The second-order valence-electron chi connectivity index (χ2n) is 5.65. The lowest BCUT2D eigenvalue weighted by Gasteiger charge is -2.16. The van der Waals surface area contributed by atoms with Crippen molar-refractivity contribution in [2.45, 2.75) is 13.8 Å². The summed E-state index contributed by atoms with van der Waals surface area (Å²) < 4.78 is 5.48. The molecule has 26 heavy (non-hydrogen) atoms. The number of rotatable bonds is 4. The second-order valence-corrected chi connectivity index (χ2v) is 6.59. The zero-order chi connectivity index (χ0) is 18.3. The fourth-order valence-electron chi connectivity index (χ4n) is 2.46. The molecule has 0 bridgehead atoms. The number of hydrogen-bond donors (Lipinski definition) is 1. The molecule has 0 fully saturated rings. The first kappa shape index (κ1) is 16.2. The topological polar surface area (TPSA) is 101 Å². The average Bonchev–Trinajstić information content (AvgIpc) is 3.34. The highest BCUT2D eigenvalue weighted by Crippen LogP contribution is 2.33. The van der Waals surface area contributed by atoms with Gasteiger partial charge in [-0.25, -0.2) is 15.0 Å². The fraction of sp³-hybridized carbons (Fsp3) is 0.118. The van der Waals surface area contributed by atoms with E-state index in [9.17, 15) is 9.59 Å². The number of oxazole rings is 1. The molecular formula is C17H13N5O3S. The zero-order valence-electron chi connectivity index (χ0n) is 13.9. The molecule has 2 amide bonds. The number of hydrazine groups is 1. The SMILES string of the molecule is CC1=CC(=O)N(Nc2ncc(-c3nc(C)co3)c(-c3cccs3)n2)C1=O. The molecule has 0 spiro atoms. The van der Waals surface area contributed by atoms with Crippen LogP contribution in [0.3, 0.4) is 0 Å². The predicted molar refractivity (Wildman–Crippen MR) is 94.8 cm³/mol. The van der Waals surface area contributed by atoms with Gasteiger partial charge in [-0.1, -0.05) is 6.07 Å². The monoisotopic (exact) mass is 367 g/mol. The summed E-state index contributed by atoms with van der Waals surface area (Å²) in [5.41, 5.74) is 4.99. The van der Waals surface area contributed by atoms with Crippen LogP contribution >= 0.6 is 11.3 Å². The summed E-state index contributed by atoms with van der Waals surface area (Å²) in [7, 11) is 0. The number of nitrogens with one attached hydrogen (secondary N) is 1. The number of nitrogens with zero attached hydrogens (tertiary/aromatic N) is 4. The Balaban J connectivity index is 1.73. The molecule has 1 aliphatic rings. The minimum absolute atomic E-state index is 0.130. The van der Waals surface area contributed by atoms with Gasteiger partial charge in [-0.15, -0.1) is 11.3 Å². The molecule has 9 heteroatoms. The van der Waals surface area contributed by atoms with Gasteiger partial charge in [-0.2, -0.15) is 5.01 Å². The number of aryl methyl sites for hydroxylation is 1. The molecule has 0 saturated heterocycles. The molecule has 0 unspecified atom stereocenters. The van der Waals surface area contributed by atoms with Gasteiger partial charge in [-0.05, 0) is 25.3 Å². The number of aromatic nitrogens is 3. The van der Waals surface area contributed by atoms with E-state index in [4.69, 9.17) is 4.42 Å². The average molecular weight is 367 g/mol. The molecular weight excluding hydrogens is 354 g/mol. The molecule has 0 radical (unpaired) electrons. The fourth-order valence-corrected chi connectivity index (χ4v) is 3.19. The lowest BCUT2D eigenvalue weighted by molar-refractivity contribution is -0.135. The number of amides is 2. The maximum Gasteiger partial charge on any atom is 0.275 e. The van der Waals surface area contributed by atoms with E-state index in [1.807, 2.05) is 24.4 Å². The quantitative estimate of drug-likeness (QED) is 0.708. The lowest BCUT2D eigenvalue weighted by Crippen LogP contribution is -2.37. The van der Waals surface area contributed by atoms with E-state index in [0.717, 1.165) is 15.6 Å². The van der Waals surface area contributed by atoms with Crippen molar-refractivity contribution in [3.8, 4) is 22.0 Å². The molecule has 0 aromatic carbocycles. The third kappa shape index (κ3) is 2.78. The van der Waals surface area contributed by atoms with Crippen LogP contribution in [0, 0.1) is 6.92 Å². The number of carbonyl (C=O) groups excluding carboxylic acids is 2. The minimum atomic E-state index is -0.457. The molecule has 1 N–H and O–H groups in total. The summed E-state index contributed by atoms with van der Waals surface area (Å²) in [6.07, 6.45) is 4.37. The number of anilines is 1. The molecule has 0 atom stereocenters. The van der Waals surface area contributed by atoms with Gasteiger partial charge in [0.05, 0.1) is 21.8 Å². The lowest BCUT2D eigenvalue weighted by atomic mass is 10.2. The number of imide groups is 1. The summed E-state index contributed by atoms with van der Waals surface area (Å²) in [4.78, 5) is 37.8. The first-order valence-electron chi connectivity index (χ1n) is 7.69. The van der Waals surface area contributed by atoms with Crippen LogP contribution in [0.5, 0.6) is 0 Å². The van der Waals surface area contributed by atoms with Crippen molar-refractivity contribution < 1.29 is 14.0 Å². The first-order chi connectivity index (χ1) is 12.5. The summed E-state index contributed by atoms with van der Waals surface area (Å²) in [6, 6.07) is 3.81. The number of carbonyl (C=O) groups is 2. The highest BCUT2D eigenvalue weighted by molar-refractivity contribution is 7.13. The van der Waals surface area contributed by atoms with Crippen molar-refractivity contribution in [3.05, 3.63) is 47.3 Å². The first-order valence-corrected chi connectivity index (χ1v) is 8.57. The Morgan fingerprint density at radius 1 is 1.23 bits per heavy atom. The van der Waals surface area contributed by atoms with E-state index < -0.39 is 11.8 Å². The van der Waals surface area contributed by atoms with Crippen LogP contribution in [-0.2, 0) is 9.59 Å². The molecule has 8 nitrogen and oxygen atoms in total. The summed E-state index contributed by atoms with van der Waals surface area (Å²) >= 11 is 1.50. The molecule has 3 aromatic rings. The van der Waals surface area contributed by atoms with Gasteiger partial charge >= 0.3 is 0 Å². The smallest absolute Gasteiger partial charge is 0.275 e. The number of thiophene rings is 1. The molecule has 4 heterocycles. The molecule has 4 rings (SSSR count). The minimum Gasteiger partial charge on any atom is -0.444 e. The van der Waals surface area contributed by atoms with Gasteiger partial charge in [0.1, 0.15) is 6.26 Å². The van der Waals surface area contributed by atoms with Crippen molar-refractivity contribution >= 4 is 29.1 Å². The largest absolute Gasteiger partial charge is 0.444 e. The van der Waals surface area contributed by atoms with Crippen LogP contribution in [0.4, 0.5) is 5.95 Å². The normalized spacial score (nSPS) is 14.1. The van der Waals surface area contributed by atoms with Crippen molar-refractivity contribution in [1.29, 1.82) is 0 Å². The Bertz CT molecular complexity index is 1040. The Hall–Kier alpha value is -3.33. The summed E-state index contributed by atoms with van der Waals surface area (Å²) in [5, 5.41) is 2.81. The third-order valence-corrected chi connectivity index (χ3v) is 4.58. The molecule has 130 valence electrons.